The summed E-state index contributed by atoms with van der Waals surface area (Å²) in [5, 5.41) is 5.77. The lowest BCUT2D eigenvalue weighted by atomic mass is 9.87. The second-order valence-electron chi connectivity index (χ2n) is 7.63. The Morgan fingerprint density at radius 2 is 1.68 bits per heavy atom. The zero-order valence-electron chi connectivity index (χ0n) is 16.4. The fraction of sp³-hybridized carbons (Fsp3) is 0.227. The molecule has 0 spiro atoms. The van der Waals surface area contributed by atoms with Crippen molar-refractivity contribution < 1.29 is 9.18 Å². The summed E-state index contributed by atoms with van der Waals surface area (Å²) >= 11 is 0. The van der Waals surface area contributed by atoms with Gasteiger partial charge in [0.15, 0.2) is 0 Å². The number of amides is 1. The maximum atomic E-state index is 13.4. The lowest BCUT2D eigenvalue weighted by Gasteiger charge is -2.19. The molecule has 0 fully saturated rings. The van der Waals surface area contributed by atoms with Crippen LogP contribution in [0.3, 0.4) is 0 Å². The first-order chi connectivity index (χ1) is 13.2. The molecule has 6 heteroatoms. The second-order valence-corrected chi connectivity index (χ2v) is 7.63. The van der Waals surface area contributed by atoms with E-state index in [1.165, 1.54) is 17.7 Å². The predicted octanol–water partition coefficient (Wildman–Crippen LogP) is 5.22. The minimum atomic E-state index is -0.366. The molecule has 0 saturated heterocycles. The van der Waals surface area contributed by atoms with Crippen LogP contribution in [0.4, 0.5) is 21.7 Å². The molecule has 0 unspecified atom stereocenters. The Morgan fingerprint density at radius 1 is 0.964 bits per heavy atom. The van der Waals surface area contributed by atoms with Crippen molar-refractivity contribution >= 4 is 23.2 Å². The van der Waals surface area contributed by atoms with E-state index in [0.29, 0.717) is 17.1 Å². The van der Waals surface area contributed by atoms with Gasteiger partial charge >= 0.3 is 0 Å². The van der Waals surface area contributed by atoms with Crippen LogP contribution in [0, 0.1) is 12.7 Å². The van der Waals surface area contributed by atoms with Crippen LogP contribution in [0.2, 0.25) is 0 Å². The molecular weight excluding hydrogens is 355 g/mol. The van der Waals surface area contributed by atoms with Gasteiger partial charge in [-0.15, -0.1) is 0 Å². The third kappa shape index (κ3) is 4.91. The van der Waals surface area contributed by atoms with Gasteiger partial charge in [0.05, 0.1) is 0 Å². The summed E-state index contributed by atoms with van der Waals surface area (Å²) < 4.78 is 13.4. The van der Waals surface area contributed by atoms with Gasteiger partial charge in [-0.1, -0.05) is 39.0 Å². The highest BCUT2D eigenvalue weighted by atomic mass is 19.1. The lowest BCUT2D eigenvalue weighted by molar-refractivity contribution is 0.102. The van der Waals surface area contributed by atoms with Crippen LogP contribution in [0.1, 0.15) is 42.5 Å². The lowest BCUT2D eigenvalue weighted by Crippen LogP contribution is -2.16. The molecular formula is C22H23FN4O. The molecule has 2 N–H and O–H groups in total. The molecule has 0 aliphatic carbocycles. The number of rotatable bonds is 4. The van der Waals surface area contributed by atoms with Crippen LogP contribution in [-0.2, 0) is 5.41 Å². The first kappa shape index (κ1) is 19.5. The molecule has 0 radical (unpaired) electrons. The molecule has 0 aliphatic rings. The molecule has 144 valence electrons. The first-order valence-corrected chi connectivity index (χ1v) is 9.01. The molecule has 1 heterocycles. The van der Waals surface area contributed by atoms with Gasteiger partial charge in [0, 0.05) is 17.1 Å². The standard InChI is InChI=1S/C22H23FN4O/c1-14-12-19(27-21(24-14)26-18-7-5-6-16(23)13-18)20(28)25-17-10-8-15(9-11-17)22(2,3)4/h5-13H,1-4H3,(H,25,28)(H,24,26,27). The molecule has 2 aromatic carbocycles. The van der Waals surface area contributed by atoms with Gasteiger partial charge in [0.25, 0.3) is 5.91 Å². The minimum absolute atomic E-state index is 0.0454. The van der Waals surface area contributed by atoms with E-state index < -0.39 is 0 Å². The molecule has 0 aliphatic heterocycles. The number of aromatic nitrogens is 2. The number of nitrogens with one attached hydrogen (secondary N) is 2. The van der Waals surface area contributed by atoms with Crippen LogP contribution in [-0.4, -0.2) is 15.9 Å². The normalized spacial score (nSPS) is 11.2. The molecule has 3 rings (SSSR count). The first-order valence-electron chi connectivity index (χ1n) is 9.01. The van der Waals surface area contributed by atoms with Gasteiger partial charge < -0.3 is 10.6 Å². The Labute approximate surface area is 164 Å². The summed E-state index contributed by atoms with van der Waals surface area (Å²) in [6.07, 6.45) is 0. The average Bonchev–Trinajstić information content (AvgIpc) is 2.61. The quantitative estimate of drug-likeness (QED) is 0.653. The molecule has 0 saturated carbocycles. The van der Waals surface area contributed by atoms with Crippen molar-refractivity contribution in [1.82, 2.24) is 9.97 Å². The summed E-state index contributed by atoms with van der Waals surface area (Å²) in [5.74, 6) is -0.468. The highest BCUT2D eigenvalue weighted by molar-refractivity contribution is 6.03. The SMILES string of the molecule is Cc1cc(C(=O)Nc2ccc(C(C)(C)C)cc2)nc(Nc2cccc(F)c2)n1. The monoisotopic (exact) mass is 378 g/mol. The van der Waals surface area contributed by atoms with Crippen LogP contribution < -0.4 is 10.6 Å². The number of hydrogen-bond acceptors (Lipinski definition) is 4. The van der Waals surface area contributed by atoms with E-state index in [4.69, 9.17) is 0 Å². The van der Waals surface area contributed by atoms with E-state index >= 15 is 0 Å². The summed E-state index contributed by atoms with van der Waals surface area (Å²) in [7, 11) is 0. The zero-order valence-corrected chi connectivity index (χ0v) is 16.4. The highest BCUT2D eigenvalue weighted by Crippen LogP contribution is 2.23. The largest absolute Gasteiger partial charge is 0.324 e. The smallest absolute Gasteiger partial charge is 0.274 e. The number of benzene rings is 2. The number of carbonyl (C=O) groups excluding carboxylic acids is 1. The summed E-state index contributed by atoms with van der Waals surface area (Å²) in [6, 6.07) is 15.3. The van der Waals surface area contributed by atoms with E-state index in [9.17, 15) is 9.18 Å². The second kappa shape index (κ2) is 7.76. The number of anilines is 3. The average molecular weight is 378 g/mol. The van der Waals surface area contributed by atoms with Crippen molar-refractivity contribution in [3.63, 3.8) is 0 Å². The zero-order chi connectivity index (χ0) is 20.3. The van der Waals surface area contributed by atoms with E-state index in [-0.39, 0.29) is 28.8 Å². The van der Waals surface area contributed by atoms with Crippen molar-refractivity contribution in [3.8, 4) is 0 Å². The number of hydrogen-bond donors (Lipinski definition) is 2. The van der Waals surface area contributed by atoms with Gasteiger partial charge in [-0.05, 0) is 54.3 Å². The van der Waals surface area contributed by atoms with E-state index in [1.807, 2.05) is 24.3 Å². The third-order valence-corrected chi connectivity index (χ3v) is 4.18. The maximum Gasteiger partial charge on any atom is 0.274 e. The Balaban J connectivity index is 1.77. The fourth-order valence-electron chi connectivity index (χ4n) is 2.68. The van der Waals surface area contributed by atoms with Crippen LogP contribution in [0.25, 0.3) is 0 Å². The van der Waals surface area contributed by atoms with Crippen LogP contribution in [0.15, 0.2) is 54.6 Å². The van der Waals surface area contributed by atoms with Crippen molar-refractivity contribution in [2.45, 2.75) is 33.1 Å². The molecule has 1 aromatic heterocycles. The number of carbonyl (C=O) groups is 1. The molecule has 3 aromatic rings. The van der Waals surface area contributed by atoms with Gasteiger partial charge in [-0.3, -0.25) is 4.79 Å². The number of aryl methyl sites for hydroxylation is 1. The summed E-state index contributed by atoms with van der Waals surface area (Å²) in [4.78, 5) is 21.1. The van der Waals surface area contributed by atoms with Crippen molar-refractivity contribution in [2.75, 3.05) is 10.6 Å². The minimum Gasteiger partial charge on any atom is -0.324 e. The predicted molar refractivity (Wildman–Crippen MR) is 110 cm³/mol. The highest BCUT2D eigenvalue weighted by Gasteiger charge is 2.15. The van der Waals surface area contributed by atoms with Gasteiger partial charge in [-0.2, -0.15) is 0 Å². The molecule has 1 amide bonds. The Bertz CT molecular complexity index is 994. The Hall–Kier alpha value is -3.28. The summed E-state index contributed by atoms with van der Waals surface area (Å²) in [6.45, 7) is 8.18. The third-order valence-electron chi connectivity index (χ3n) is 4.18. The molecule has 28 heavy (non-hydrogen) atoms. The summed E-state index contributed by atoms with van der Waals surface area (Å²) in [5.41, 5.74) is 3.28. The van der Waals surface area contributed by atoms with Gasteiger partial charge in [0.1, 0.15) is 11.5 Å². The van der Waals surface area contributed by atoms with Gasteiger partial charge in [0.2, 0.25) is 5.95 Å². The van der Waals surface area contributed by atoms with Crippen LogP contribution >= 0.6 is 0 Å². The van der Waals surface area contributed by atoms with E-state index in [2.05, 4.69) is 41.4 Å². The van der Waals surface area contributed by atoms with Crippen molar-refractivity contribution in [3.05, 3.63) is 77.4 Å². The topological polar surface area (TPSA) is 66.9 Å². The number of nitrogens with zero attached hydrogens (tertiary/aromatic N) is 2. The van der Waals surface area contributed by atoms with Crippen molar-refractivity contribution in [1.29, 1.82) is 0 Å². The van der Waals surface area contributed by atoms with Crippen LogP contribution in [0.5, 0.6) is 0 Å². The van der Waals surface area contributed by atoms with Crippen molar-refractivity contribution in [2.24, 2.45) is 0 Å². The number of halogens is 1. The van der Waals surface area contributed by atoms with Gasteiger partial charge in [-0.25, -0.2) is 14.4 Å². The Kier molecular flexibility index (Phi) is 5.40. The molecule has 0 atom stereocenters. The van der Waals surface area contributed by atoms with E-state index in [1.54, 1.807) is 25.1 Å². The maximum absolute atomic E-state index is 13.4. The van der Waals surface area contributed by atoms with E-state index in [0.717, 1.165) is 0 Å². The molecule has 0 bridgehead atoms. The Morgan fingerprint density at radius 3 is 2.32 bits per heavy atom. The molecule has 5 nitrogen and oxygen atoms in total. The fourth-order valence-corrected chi connectivity index (χ4v) is 2.68.